The van der Waals surface area contributed by atoms with Crippen LogP contribution in [0.4, 0.5) is 0 Å². The van der Waals surface area contributed by atoms with Crippen LogP contribution in [0.3, 0.4) is 0 Å². The molecule has 0 spiro atoms. The summed E-state index contributed by atoms with van der Waals surface area (Å²) in [4.78, 5) is 17.8. The van der Waals surface area contributed by atoms with E-state index in [0.29, 0.717) is 0 Å². The van der Waals surface area contributed by atoms with Gasteiger partial charge in [-0.1, -0.05) is 0 Å². The van der Waals surface area contributed by atoms with Crippen molar-refractivity contribution in [2.24, 2.45) is 0 Å². The van der Waals surface area contributed by atoms with E-state index in [1.807, 2.05) is 19.1 Å². The summed E-state index contributed by atoms with van der Waals surface area (Å²) in [6, 6.07) is 3.78. The standard InChI is InChI=1S/C12H12N2O2/c1-7-3-9(6-13-5-7)10-4-8(2)11(14-10)12(15)16/h3-6,14H,1-2H3,(H,15,16). The quantitative estimate of drug-likeness (QED) is 0.810. The summed E-state index contributed by atoms with van der Waals surface area (Å²) in [6.45, 7) is 3.72. The molecule has 0 aliphatic heterocycles. The number of aromatic nitrogens is 2. The number of aromatic amines is 1. The SMILES string of the molecule is Cc1cncc(-c2cc(C)c(C(=O)O)[nH]2)c1. The lowest BCUT2D eigenvalue weighted by molar-refractivity contribution is 0.0690. The number of hydrogen-bond donors (Lipinski definition) is 2. The predicted molar refractivity (Wildman–Crippen MR) is 60.5 cm³/mol. The molecule has 2 aromatic rings. The molecule has 16 heavy (non-hydrogen) atoms. The van der Waals surface area contributed by atoms with E-state index in [4.69, 9.17) is 5.11 Å². The number of H-pyrrole nitrogens is 1. The van der Waals surface area contributed by atoms with E-state index in [1.165, 1.54) is 0 Å². The van der Waals surface area contributed by atoms with Crippen LogP contribution < -0.4 is 0 Å². The molecule has 4 nitrogen and oxygen atoms in total. The number of pyridine rings is 1. The zero-order valence-corrected chi connectivity index (χ0v) is 9.11. The minimum Gasteiger partial charge on any atom is -0.477 e. The monoisotopic (exact) mass is 216 g/mol. The van der Waals surface area contributed by atoms with Crippen LogP contribution in [-0.4, -0.2) is 21.0 Å². The van der Waals surface area contributed by atoms with Gasteiger partial charge in [-0.05, 0) is 37.1 Å². The summed E-state index contributed by atoms with van der Waals surface area (Å²) in [7, 11) is 0. The number of nitrogens with one attached hydrogen (secondary N) is 1. The summed E-state index contributed by atoms with van der Waals surface area (Å²) in [5.41, 5.74) is 3.68. The van der Waals surface area contributed by atoms with E-state index in [9.17, 15) is 4.79 Å². The van der Waals surface area contributed by atoms with Crippen LogP contribution in [-0.2, 0) is 0 Å². The van der Waals surface area contributed by atoms with Gasteiger partial charge in [-0.3, -0.25) is 4.98 Å². The van der Waals surface area contributed by atoms with Crippen LogP contribution in [0, 0.1) is 13.8 Å². The number of aryl methyl sites for hydroxylation is 2. The van der Waals surface area contributed by atoms with E-state index < -0.39 is 5.97 Å². The van der Waals surface area contributed by atoms with Crippen molar-refractivity contribution in [2.75, 3.05) is 0 Å². The molecule has 0 bridgehead atoms. The van der Waals surface area contributed by atoms with Crippen molar-refractivity contribution < 1.29 is 9.90 Å². The van der Waals surface area contributed by atoms with Crippen molar-refractivity contribution in [1.82, 2.24) is 9.97 Å². The zero-order valence-electron chi connectivity index (χ0n) is 9.11. The summed E-state index contributed by atoms with van der Waals surface area (Å²) in [5, 5.41) is 8.93. The Hall–Kier alpha value is -2.10. The Kier molecular flexibility index (Phi) is 2.48. The second-order valence-electron chi connectivity index (χ2n) is 3.80. The van der Waals surface area contributed by atoms with Gasteiger partial charge in [-0.15, -0.1) is 0 Å². The first kappa shape index (κ1) is 10.4. The van der Waals surface area contributed by atoms with E-state index in [-0.39, 0.29) is 5.69 Å². The Morgan fingerprint density at radius 1 is 1.31 bits per heavy atom. The van der Waals surface area contributed by atoms with E-state index in [2.05, 4.69) is 9.97 Å². The third-order valence-corrected chi connectivity index (χ3v) is 2.41. The van der Waals surface area contributed by atoms with Crippen molar-refractivity contribution in [1.29, 1.82) is 0 Å². The van der Waals surface area contributed by atoms with Gasteiger partial charge in [0.2, 0.25) is 0 Å². The Labute approximate surface area is 93.0 Å². The predicted octanol–water partition coefficient (Wildman–Crippen LogP) is 2.39. The highest BCUT2D eigenvalue weighted by molar-refractivity contribution is 5.88. The summed E-state index contributed by atoms with van der Waals surface area (Å²) in [5.74, 6) is -0.940. The first-order valence-electron chi connectivity index (χ1n) is 4.93. The van der Waals surface area contributed by atoms with Crippen LogP contribution in [0.1, 0.15) is 21.6 Å². The average Bonchev–Trinajstić information content (AvgIpc) is 2.60. The number of aromatic carboxylic acids is 1. The topological polar surface area (TPSA) is 66.0 Å². The molecule has 0 atom stereocenters. The van der Waals surface area contributed by atoms with Crippen LogP contribution in [0.5, 0.6) is 0 Å². The summed E-state index contributed by atoms with van der Waals surface area (Å²) < 4.78 is 0. The largest absolute Gasteiger partial charge is 0.477 e. The van der Waals surface area contributed by atoms with E-state index in [1.54, 1.807) is 19.3 Å². The second kappa shape index (κ2) is 3.81. The Balaban J connectivity index is 2.49. The molecule has 2 aromatic heterocycles. The number of rotatable bonds is 2. The zero-order chi connectivity index (χ0) is 11.7. The molecule has 0 aliphatic rings. The Morgan fingerprint density at radius 2 is 2.06 bits per heavy atom. The lowest BCUT2D eigenvalue weighted by Crippen LogP contribution is -1.98. The third kappa shape index (κ3) is 1.82. The molecule has 0 saturated carbocycles. The fourth-order valence-electron chi connectivity index (χ4n) is 1.64. The maximum absolute atomic E-state index is 10.9. The van der Waals surface area contributed by atoms with Crippen LogP contribution in [0.2, 0.25) is 0 Å². The third-order valence-electron chi connectivity index (χ3n) is 2.41. The highest BCUT2D eigenvalue weighted by atomic mass is 16.4. The molecule has 4 heteroatoms. The van der Waals surface area contributed by atoms with Gasteiger partial charge in [-0.25, -0.2) is 4.79 Å². The minimum atomic E-state index is -0.940. The molecule has 0 aliphatic carbocycles. The van der Waals surface area contributed by atoms with Gasteiger partial charge in [-0.2, -0.15) is 0 Å². The summed E-state index contributed by atoms with van der Waals surface area (Å²) in [6.07, 6.45) is 3.47. The minimum absolute atomic E-state index is 0.233. The lowest BCUT2D eigenvalue weighted by atomic mass is 10.1. The fourth-order valence-corrected chi connectivity index (χ4v) is 1.64. The molecule has 0 radical (unpaired) electrons. The van der Waals surface area contributed by atoms with Gasteiger partial charge in [0.25, 0.3) is 0 Å². The highest BCUT2D eigenvalue weighted by Crippen LogP contribution is 2.21. The smallest absolute Gasteiger partial charge is 0.352 e. The van der Waals surface area contributed by atoms with Gasteiger partial charge < -0.3 is 10.1 Å². The Morgan fingerprint density at radius 3 is 2.62 bits per heavy atom. The molecule has 0 fully saturated rings. The van der Waals surface area contributed by atoms with Crippen LogP contribution in [0.25, 0.3) is 11.3 Å². The molecule has 2 heterocycles. The first-order chi connectivity index (χ1) is 7.58. The molecule has 0 amide bonds. The molecular weight excluding hydrogens is 204 g/mol. The van der Waals surface area contributed by atoms with Crippen molar-refractivity contribution in [3.8, 4) is 11.3 Å². The second-order valence-corrected chi connectivity index (χ2v) is 3.80. The Bertz CT molecular complexity index is 544. The number of carbonyl (C=O) groups is 1. The van der Waals surface area contributed by atoms with Crippen molar-refractivity contribution in [3.05, 3.63) is 41.3 Å². The summed E-state index contributed by atoms with van der Waals surface area (Å²) >= 11 is 0. The average molecular weight is 216 g/mol. The molecule has 2 rings (SSSR count). The molecular formula is C12H12N2O2. The van der Waals surface area contributed by atoms with E-state index >= 15 is 0 Å². The molecule has 0 unspecified atom stereocenters. The van der Waals surface area contributed by atoms with Crippen molar-refractivity contribution >= 4 is 5.97 Å². The maximum atomic E-state index is 10.9. The molecule has 0 saturated heterocycles. The first-order valence-corrected chi connectivity index (χ1v) is 4.93. The van der Waals surface area contributed by atoms with Crippen molar-refractivity contribution in [3.63, 3.8) is 0 Å². The number of nitrogens with zero attached hydrogens (tertiary/aromatic N) is 1. The molecule has 82 valence electrons. The number of carboxylic acid groups (broad SMARTS) is 1. The fraction of sp³-hybridized carbons (Fsp3) is 0.167. The van der Waals surface area contributed by atoms with E-state index in [0.717, 1.165) is 22.4 Å². The van der Waals surface area contributed by atoms with Gasteiger partial charge >= 0.3 is 5.97 Å². The van der Waals surface area contributed by atoms with Crippen LogP contribution in [0.15, 0.2) is 24.5 Å². The van der Waals surface area contributed by atoms with Crippen LogP contribution >= 0.6 is 0 Å². The van der Waals surface area contributed by atoms with Gasteiger partial charge in [0, 0.05) is 23.7 Å². The van der Waals surface area contributed by atoms with Crippen molar-refractivity contribution in [2.45, 2.75) is 13.8 Å². The van der Waals surface area contributed by atoms with Gasteiger partial charge in [0.05, 0.1) is 0 Å². The molecule has 2 N–H and O–H groups in total. The normalized spacial score (nSPS) is 10.4. The molecule has 0 aromatic carbocycles. The maximum Gasteiger partial charge on any atom is 0.352 e. The number of hydrogen-bond acceptors (Lipinski definition) is 2. The van der Waals surface area contributed by atoms with Gasteiger partial charge in [0.15, 0.2) is 0 Å². The lowest BCUT2D eigenvalue weighted by Gasteiger charge is -1.98. The highest BCUT2D eigenvalue weighted by Gasteiger charge is 2.12. The van der Waals surface area contributed by atoms with Gasteiger partial charge in [0.1, 0.15) is 5.69 Å². The number of carboxylic acids is 1.